The van der Waals surface area contributed by atoms with Gasteiger partial charge in [-0.05, 0) is 97.8 Å². The Bertz CT molecular complexity index is 1890. The third-order valence-corrected chi connectivity index (χ3v) is 12.8. The summed E-state index contributed by atoms with van der Waals surface area (Å²) >= 11 is 0. The highest BCUT2D eigenvalue weighted by molar-refractivity contribution is 6.25. The molecule has 3 aliphatic rings. The van der Waals surface area contributed by atoms with Crippen LogP contribution in [-0.4, -0.2) is 37.0 Å². The number of amides is 2. The Morgan fingerprint density at radius 3 is 1.32 bits per heavy atom. The van der Waals surface area contributed by atoms with Crippen molar-refractivity contribution >= 4 is 29.4 Å². The number of fused-ring (bicyclic) bond motifs is 5. The van der Waals surface area contributed by atoms with Gasteiger partial charge in [0, 0.05) is 0 Å². The summed E-state index contributed by atoms with van der Waals surface area (Å²) in [6.45, 7) is 5.73. The fourth-order valence-corrected chi connectivity index (χ4v) is 9.25. The number of carbonyl (C=O) groups is 4. The van der Waals surface area contributed by atoms with Gasteiger partial charge >= 0.3 is 11.9 Å². The van der Waals surface area contributed by atoms with Gasteiger partial charge < -0.3 is 18.9 Å². The van der Waals surface area contributed by atoms with E-state index in [9.17, 15) is 19.2 Å². The van der Waals surface area contributed by atoms with Crippen LogP contribution in [-0.2, 0) is 9.59 Å². The Hall–Kier alpha value is -4.92. The predicted molar refractivity (Wildman–Crippen MR) is 244 cm³/mol. The van der Waals surface area contributed by atoms with Gasteiger partial charge in [-0.2, -0.15) is 0 Å². The van der Waals surface area contributed by atoms with E-state index in [1.807, 2.05) is 12.2 Å². The quantitative estimate of drug-likeness (QED) is 0.0223. The van der Waals surface area contributed by atoms with Gasteiger partial charge in [0.25, 0.3) is 0 Å². The molecule has 3 aromatic rings. The van der Waals surface area contributed by atoms with Crippen molar-refractivity contribution in [2.24, 2.45) is 23.7 Å². The number of hydrogen-bond donors (Lipinski definition) is 0. The van der Waals surface area contributed by atoms with Crippen molar-refractivity contribution in [1.29, 1.82) is 0 Å². The van der Waals surface area contributed by atoms with Crippen LogP contribution < -0.4 is 23.8 Å². The van der Waals surface area contributed by atoms with Crippen molar-refractivity contribution in [2.45, 2.75) is 149 Å². The first-order chi connectivity index (χ1) is 30.4. The molecule has 62 heavy (non-hydrogen) atoms. The largest absolute Gasteiger partial charge is 0.494 e. The molecule has 334 valence electrons. The normalized spacial score (nSPS) is 18.6. The SMILES string of the molecule is CCCCCCCCCCCCOc1ccc(OC(=O)c2ccc(C(=O)Oc3ccc(OCCCCCCCCCCCC)cc3)c(N3C(=O)C4C5C=CC(C5)C4C3=O)c2)cc1. The van der Waals surface area contributed by atoms with Gasteiger partial charge in [-0.25, -0.2) is 14.5 Å². The molecule has 1 aliphatic heterocycles. The highest BCUT2D eigenvalue weighted by Gasteiger charge is 2.60. The lowest BCUT2D eigenvalue weighted by molar-refractivity contribution is -0.123. The van der Waals surface area contributed by atoms with Crippen molar-refractivity contribution in [3.8, 4) is 23.0 Å². The fourth-order valence-electron chi connectivity index (χ4n) is 9.25. The molecule has 2 bridgehead atoms. The number of allylic oxidation sites excluding steroid dienone is 2. The van der Waals surface area contributed by atoms with Crippen LogP contribution in [0.25, 0.3) is 0 Å². The first-order valence-corrected chi connectivity index (χ1v) is 24.0. The Balaban J connectivity index is 1.02. The maximum atomic E-state index is 14.0. The molecule has 0 aromatic heterocycles. The third-order valence-electron chi connectivity index (χ3n) is 12.8. The van der Waals surface area contributed by atoms with E-state index >= 15 is 0 Å². The average Bonchev–Trinajstić information content (AvgIpc) is 3.98. The molecular formula is C53H69NO8. The van der Waals surface area contributed by atoms with Gasteiger partial charge in [-0.1, -0.05) is 142 Å². The van der Waals surface area contributed by atoms with Gasteiger partial charge in [0.1, 0.15) is 23.0 Å². The molecule has 2 amide bonds. The smallest absolute Gasteiger partial charge is 0.345 e. The molecule has 0 radical (unpaired) electrons. The summed E-state index contributed by atoms with van der Waals surface area (Å²) in [4.78, 5) is 56.3. The maximum Gasteiger partial charge on any atom is 0.345 e. The van der Waals surface area contributed by atoms with E-state index < -0.39 is 23.8 Å². The lowest BCUT2D eigenvalue weighted by atomic mass is 9.85. The number of carbonyl (C=O) groups excluding carboxylic acids is 4. The Labute approximate surface area is 369 Å². The monoisotopic (exact) mass is 848 g/mol. The highest BCUT2D eigenvalue weighted by Crippen LogP contribution is 2.53. The average molecular weight is 848 g/mol. The molecule has 0 spiro atoms. The summed E-state index contributed by atoms with van der Waals surface area (Å²) in [5, 5.41) is 0. The lowest BCUT2D eigenvalue weighted by Crippen LogP contribution is -2.34. The Kier molecular flexibility index (Phi) is 18.5. The van der Waals surface area contributed by atoms with Gasteiger partial charge in [-0.15, -0.1) is 0 Å². The molecule has 4 atom stereocenters. The Morgan fingerprint density at radius 1 is 0.500 bits per heavy atom. The van der Waals surface area contributed by atoms with Crippen molar-refractivity contribution in [2.75, 3.05) is 18.1 Å². The van der Waals surface area contributed by atoms with Crippen molar-refractivity contribution in [1.82, 2.24) is 0 Å². The first-order valence-electron chi connectivity index (χ1n) is 24.0. The van der Waals surface area contributed by atoms with Crippen LogP contribution in [0, 0.1) is 23.7 Å². The van der Waals surface area contributed by atoms with Gasteiger partial charge in [-0.3, -0.25) is 9.59 Å². The minimum Gasteiger partial charge on any atom is -0.494 e. The highest BCUT2D eigenvalue weighted by atomic mass is 16.5. The van der Waals surface area contributed by atoms with E-state index in [0.29, 0.717) is 30.5 Å². The fraction of sp³-hybridized carbons (Fsp3) is 0.547. The summed E-state index contributed by atoms with van der Waals surface area (Å²) < 4.78 is 23.4. The molecule has 6 rings (SSSR count). The molecule has 2 aliphatic carbocycles. The number of anilines is 1. The zero-order valence-electron chi connectivity index (χ0n) is 37.3. The van der Waals surface area contributed by atoms with E-state index in [2.05, 4.69) is 13.8 Å². The predicted octanol–water partition coefficient (Wildman–Crippen LogP) is 13.0. The maximum absolute atomic E-state index is 14.0. The van der Waals surface area contributed by atoms with Crippen LogP contribution in [0.5, 0.6) is 23.0 Å². The van der Waals surface area contributed by atoms with E-state index in [4.69, 9.17) is 18.9 Å². The molecule has 4 unspecified atom stereocenters. The standard InChI is InChI=1S/C53H69NO8/c1-3-5-7-9-11-13-15-17-19-21-35-59-42-26-30-44(31-27-42)61-52(57)41-25-34-46(47(38-41)54-50(55)48-39-23-24-40(37-39)49(48)51(54)56)53(58)62-45-32-28-43(29-33-45)60-36-22-20-18-16-14-12-10-8-6-4-2/h23-34,38-40,48-49H,3-22,35-37H2,1-2H3. The molecule has 9 nitrogen and oxygen atoms in total. The number of imide groups is 1. The summed E-state index contributed by atoms with van der Waals surface area (Å²) in [6, 6.07) is 18.0. The number of nitrogens with zero attached hydrogens (tertiary/aromatic N) is 1. The summed E-state index contributed by atoms with van der Waals surface area (Å²) in [7, 11) is 0. The summed E-state index contributed by atoms with van der Waals surface area (Å²) in [5.74, 6) is -1.25. The van der Waals surface area contributed by atoms with Crippen LogP contribution in [0.3, 0.4) is 0 Å². The minimum absolute atomic E-state index is 0.00581. The Morgan fingerprint density at radius 2 is 0.887 bits per heavy atom. The van der Waals surface area contributed by atoms with E-state index in [1.54, 1.807) is 48.5 Å². The number of ether oxygens (including phenoxy) is 4. The summed E-state index contributed by atoms with van der Waals surface area (Å²) in [5.41, 5.74) is 0.0923. The van der Waals surface area contributed by atoms with Crippen LogP contribution in [0.4, 0.5) is 5.69 Å². The second-order valence-electron chi connectivity index (χ2n) is 17.5. The molecular weight excluding hydrogens is 779 g/mol. The minimum atomic E-state index is -0.758. The molecule has 0 N–H and O–H groups in total. The van der Waals surface area contributed by atoms with Crippen LogP contribution >= 0.6 is 0 Å². The third kappa shape index (κ3) is 13.1. The van der Waals surface area contributed by atoms with Crippen LogP contribution in [0.1, 0.15) is 169 Å². The van der Waals surface area contributed by atoms with Crippen molar-refractivity contribution in [3.05, 3.63) is 90.0 Å². The topological polar surface area (TPSA) is 108 Å². The number of unbranched alkanes of at least 4 members (excludes halogenated alkanes) is 18. The second kappa shape index (κ2) is 24.6. The van der Waals surface area contributed by atoms with Crippen LogP contribution in [0.15, 0.2) is 78.9 Å². The molecule has 3 aromatic carbocycles. The zero-order valence-corrected chi connectivity index (χ0v) is 37.3. The number of rotatable bonds is 29. The number of benzene rings is 3. The molecule has 9 heteroatoms. The van der Waals surface area contributed by atoms with Gasteiger partial charge in [0.05, 0.1) is 41.9 Å². The zero-order chi connectivity index (χ0) is 43.5. The van der Waals surface area contributed by atoms with Gasteiger partial charge in [0.15, 0.2) is 0 Å². The van der Waals surface area contributed by atoms with E-state index in [1.165, 1.54) is 121 Å². The number of hydrogen-bond acceptors (Lipinski definition) is 8. The second-order valence-corrected chi connectivity index (χ2v) is 17.5. The van der Waals surface area contributed by atoms with Crippen molar-refractivity contribution in [3.63, 3.8) is 0 Å². The lowest BCUT2D eigenvalue weighted by Gasteiger charge is -2.21. The first kappa shape index (κ1) is 46.6. The van der Waals surface area contributed by atoms with E-state index in [0.717, 1.165) is 37.0 Å². The van der Waals surface area contributed by atoms with E-state index in [-0.39, 0.29) is 46.2 Å². The molecule has 1 saturated heterocycles. The molecule has 1 heterocycles. The van der Waals surface area contributed by atoms with Gasteiger partial charge in [0.2, 0.25) is 11.8 Å². The van der Waals surface area contributed by atoms with Crippen molar-refractivity contribution < 1.29 is 38.1 Å². The molecule has 2 fully saturated rings. The van der Waals surface area contributed by atoms with Crippen LogP contribution in [0.2, 0.25) is 0 Å². The number of esters is 2. The summed E-state index contributed by atoms with van der Waals surface area (Å²) in [6.07, 6.45) is 29.9. The molecule has 1 saturated carbocycles.